The summed E-state index contributed by atoms with van der Waals surface area (Å²) in [5, 5.41) is 14.2. The van der Waals surface area contributed by atoms with E-state index in [1.807, 2.05) is 42.5 Å². The molecule has 32 heavy (non-hydrogen) atoms. The van der Waals surface area contributed by atoms with Crippen LogP contribution in [0.5, 0.6) is 0 Å². The Balaban J connectivity index is 1.28. The third kappa shape index (κ3) is 4.19. The smallest absolute Gasteiger partial charge is 0.229 e. The minimum Gasteiger partial charge on any atom is -0.354 e. The first-order valence-corrected chi connectivity index (χ1v) is 11.1. The van der Waals surface area contributed by atoms with Crippen molar-refractivity contribution in [3.05, 3.63) is 84.4 Å². The van der Waals surface area contributed by atoms with Gasteiger partial charge in [-0.2, -0.15) is 0 Å². The van der Waals surface area contributed by atoms with E-state index >= 15 is 0 Å². The van der Waals surface area contributed by atoms with E-state index in [1.54, 1.807) is 0 Å². The number of carbonyl (C=O) groups excluding carboxylic acids is 1. The summed E-state index contributed by atoms with van der Waals surface area (Å²) in [6.07, 6.45) is 1.83. The molecule has 1 aliphatic rings. The Bertz CT molecular complexity index is 1230. The van der Waals surface area contributed by atoms with Crippen molar-refractivity contribution < 1.29 is 4.79 Å². The number of piperidine rings is 1. The summed E-state index contributed by atoms with van der Waals surface area (Å²) in [5.74, 6) is 0.806. The van der Waals surface area contributed by atoms with Gasteiger partial charge in [0.2, 0.25) is 5.91 Å². The van der Waals surface area contributed by atoms with Gasteiger partial charge in [0.05, 0.1) is 11.6 Å². The highest BCUT2D eigenvalue weighted by atomic mass is 16.1. The lowest BCUT2D eigenvalue weighted by Gasteiger charge is -2.32. The van der Waals surface area contributed by atoms with Gasteiger partial charge in [-0.3, -0.25) is 4.79 Å². The van der Waals surface area contributed by atoms with Gasteiger partial charge in [0.1, 0.15) is 0 Å². The van der Waals surface area contributed by atoms with Crippen LogP contribution in [0, 0.1) is 12.8 Å². The molecule has 160 valence electrons. The largest absolute Gasteiger partial charge is 0.354 e. The number of benzene rings is 3. The van der Waals surface area contributed by atoms with E-state index in [4.69, 9.17) is 0 Å². The summed E-state index contributed by atoms with van der Waals surface area (Å²) in [6, 6.07) is 26.4. The molecule has 5 rings (SSSR count). The zero-order valence-corrected chi connectivity index (χ0v) is 18.2. The molecule has 1 fully saturated rings. The molecule has 0 bridgehead atoms. The van der Waals surface area contributed by atoms with Crippen molar-refractivity contribution in [1.82, 2.24) is 10.2 Å². The molecule has 0 aliphatic carbocycles. The number of hydrogen-bond acceptors (Lipinski definition) is 4. The third-order valence-corrected chi connectivity index (χ3v) is 6.16. The van der Waals surface area contributed by atoms with E-state index in [1.165, 1.54) is 5.56 Å². The summed E-state index contributed by atoms with van der Waals surface area (Å²) in [6.45, 7) is 3.60. The maximum atomic E-state index is 13.1. The van der Waals surface area contributed by atoms with Gasteiger partial charge >= 0.3 is 0 Å². The molecule has 1 aliphatic heterocycles. The molecule has 1 atom stereocenters. The van der Waals surface area contributed by atoms with Crippen molar-refractivity contribution in [1.29, 1.82) is 0 Å². The number of aryl methyl sites for hydroxylation is 1. The monoisotopic (exact) mass is 422 g/mol. The van der Waals surface area contributed by atoms with Crippen LogP contribution in [0.25, 0.3) is 22.0 Å². The second-order valence-corrected chi connectivity index (χ2v) is 8.44. The number of amides is 1. The third-order valence-electron chi connectivity index (χ3n) is 6.16. The highest BCUT2D eigenvalue weighted by molar-refractivity contribution is 6.03. The summed E-state index contributed by atoms with van der Waals surface area (Å²) < 4.78 is 0. The number of nitrogens with one attached hydrogen (secondary N) is 1. The van der Waals surface area contributed by atoms with Crippen LogP contribution < -0.4 is 10.2 Å². The van der Waals surface area contributed by atoms with Gasteiger partial charge in [-0.15, -0.1) is 10.2 Å². The second-order valence-electron chi connectivity index (χ2n) is 8.44. The number of rotatable bonds is 4. The first-order valence-electron chi connectivity index (χ1n) is 11.1. The molecule has 5 heteroatoms. The zero-order valence-electron chi connectivity index (χ0n) is 18.2. The van der Waals surface area contributed by atoms with Gasteiger partial charge in [-0.1, -0.05) is 66.2 Å². The Labute approximate surface area is 188 Å². The van der Waals surface area contributed by atoms with Crippen LogP contribution in [0.2, 0.25) is 0 Å². The first kappa shape index (κ1) is 20.2. The highest BCUT2D eigenvalue weighted by Gasteiger charge is 2.27. The van der Waals surface area contributed by atoms with Crippen LogP contribution in [0.15, 0.2) is 78.9 Å². The number of nitrogens with zero attached hydrogens (tertiary/aromatic N) is 3. The maximum Gasteiger partial charge on any atom is 0.229 e. The molecule has 5 nitrogen and oxygen atoms in total. The highest BCUT2D eigenvalue weighted by Crippen LogP contribution is 2.27. The van der Waals surface area contributed by atoms with Crippen molar-refractivity contribution in [2.75, 3.05) is 23.3 Å². The van der Waals surface area contributed by atoms with Crippen LogP contribution in [0.1, 0.15) is 18.4 Å². The average molecular weight is 423 g/mol. The minimum absolute atomic E-state index is 0.0651. The summed E-state index contributed by atoms with van der Waals surface area (Å²) >= 11 is 0. The molecular weight excluding hydrogens is 396 g/mol. The molecule has 0 radical (unpaired) electrons. The van der Waals surface area contributed by atoms with Crippen molar-refractivity contribution >= 4 is 28.2 Å². The first-order chi connectivity index (χ1) is 15.7. The molecule has 1 aromatic heterocycles. The van der Waals surface area contributed by atoms with E-state index < -0.39 is 0 Å². The van der Waals surface area contributed by atoms with E-state index in [-0.39, 0.29) is 11.8 Å². The van der Waals surface area contributed by atoms with Crippen LogP contribution >= 0.6 is 0 Å². The van der Waals surface area contributed by atoms with Crippen LogP contribution in [0.4, 0.5) is 11.5 Å². The standard InChI is InChI=1S/C27H26N4O/c1-19-11-13-21(14-12-19)24-15-16-26(30-29-24)31-17-5-8-22(18-31)27(32)28-25-10-4-7-20-6-2-3-9-23(20)25/h2-4,6-7,9-16,22H,5,8,17-18H2,1H3,(H,28,32)/t22-/m1/s1. The molecule has 0 spiro atoms. The van der Waals surface area contributed by atoms with Crippen LogP contribution in [-0.2, 0) is 4.79 Å². The van der Waals surface area contributed by atoms with E-state index in [2.05, 4.69) is 63.7 Å². The Hall–Kier alpha value is -3.73. The molecule has 0 unspecified atom stereocenters. The molecule has 0 saturated carbocycles. The van der Waals surface area contributed by atoms with Crippen LogP contribution in [0.3, 0.4) is 0 Å². The minimum atomic E-state index is -0.0821. The summed E-state index contributed by atoms with van der Waals surface area (Å²) in [7, 11) is 0. The fourth-order valence-electron chi connectivity index (χ4n) is 4.34. The predicted molar refractivity (Wildman–Crippen MR) is 130 cm³/mol. The van der Waals surface area contributed by atoms with Crippen molar-refractivity contribution in [2.24, 2.45) is 5.92 Å². The van der Waals surface area contributed by atoms with Gasteiger partial charge in [0.25, 0.3) is 0 Å². The maximum absolute atomic E-state index is 13.1. The Kier molecular flexibility index (Phi) is 5.55. The Morgan fingerprint density at radius 2 is 1.75 bits per heavy atom. The quantitative estimate of drug-likeness (QED) is 0.474. The molecule has 1 saturated heterocycles. The topological polar surface area (TPSA) is 58.1 Å². The number of hydrogen-bond donors (Lipinski definition) is 1. The molecule has 1 N–H and O–H groups in total. The van der Waals surface area contributed by atoms with Gasteiger partial charge in [0, 0.05) is 29.7 Å². The summed E-state index contributed by atoms with van der Waals surface area (Å²) in [4.78, 5) is 15.3. The number of aromatic nitrogens is 2. The Morgan fingerprint density at radius 3 is 2.56 bits per heavy atom. The average Bonchev–Trinajstić information content (AvgIpc) is 2.85. The predicted octanol–water partition coefficient (Wildman–Crippen LogP) is 5.46. The second kappa shape index (κ2) is 8.79. The number of carbonyl (C=O) groups is 1. The van der Waals surface area contributed by atoms with Crippen LogP contribution in [-0.4, -0.2) is 29.2 Å². The van der Waals surface area contributed by atoms with Crippen molar-refractivity contribution in [2.45, 2.75) is 19.8 Å². The van der Waals surface area contributed by atoms with E-state index in [0.29, 0.717) is 6.54 Å². The fourth-order valence-corrected chi connectivity index (χ4v) is 4.34. The van der Waals surface area contributed by atoms with Crippen molar-refractivity contribution in [3.8, 4) is 11.3 Å². The lowest BCUT2D eigenvalue weighted by molar-refractivity contribution is -0.120. The van der Waals surface area contributed by atoms with E-state index in [9.17, 15) is 4.79 Å². The molecule has 1 amide bonds. The fraction of sp³-hybridized carbons (Fsp3) is 0.222. The Morgan fingerprint density at radius 1 is 0.938 bits per heavy atom. The van der Waals surface area contributed by atoms with Gasteiger partial charge < -0.3 is 10.2 Å². The lowest BCUT2D eigenvalue weighted by Crippen LogP contribution is -2.41. The van der Waals surface area contributed by atoms with Crippen molar-refractivity contribution in [3.63, 3.8) is 0 Å². The lowest BCUT2D eigenvalue weighted by atomic mass is 9.96. The molecular formula is C27H26N4O. The summed E-state index contributed by atoms with van der Waals surface area (Å²) in [5.41, 5.74) is 4.00. The van der Waals surface area contributed by atoms with Gasteiger partial charge in [-0.25, -0.2) is 0 Å². The normalized spacial score (nSPS) is 16.2. The molecule has 4 aromatic rings. The van der Waals surface area contributed by atoms with Gasteiger partial charge in [-0.05, 0) is 43.4 Å². The SMILES string of the molecule is Cc1ccc(-c2ccc(N3CCC[C@@H](C(=O)Nc4cccc5ccccc45)C3)nn2)cc1. The molecule has 2 heterocycles. The number of anilines is 2. The number of fused-ring (bicyclic) bond motifs is 1. The van der Waals surface area contributed by atoms with Gasteiger partial charge in [0.15, 0.2) is 5.82 Å². The zero-order chi connectivity index (χ0) is 21.9. The molecule has 3 aromatic carbocycles. The van der Waals surface area contributed by atoms with E-state index in [0.717, 1.165) is 52.9 Å².